The highest BCUT2D eigenvalue weighted by atomic mass is 35.5. The topological polar surface area (TPSA) is 122 Å². The quantitative estimate of drug-likeness (QED) is 0.616. The largest absolute Gasteiger partial charge is 0.346 e. The zero-order valence-electron chi connectivity index (χ0n) is 15.0. The van der Waals surface area contributed by atoms with Gasteiger partial charge in [0.25, 0.3) is 0 Å². The number of nitrogens with two attached hydrogens (primary N) is 1. The molecule has 1 aromatic carbocycles. The van der Waals surface area contributed by atoms with Crippen molar-refractivity contribution in [2.75, 3.05) is 25.0 Å². The van der Waals surface area contributed by atoms with Gasteiger partial charge >= 0.3 is 0 Å². The van der Waals surface area contributed by atoms with E-state index in [2.05, 4.69) is 10.0 Å². The zero-order chi connectivity index (χ0) is 18.8. The molecule has 1 atom stereocenters. The van der Waals surface area contributed by atoms with E-state index < -0.39 is 16.1 Å². The first kappa shape index (κ1) is 22.4. The van der Waals surface area contributed by atoms with Gasteiger partial charge in [-0.05, 0) is 43.1 Å². The van der Waals surface area contributed by atoms with Crippen LogP contribution < -0.4 is 20.7 Å². The standard InChI is InChI=1S/C16H24N4O4S.ClH/c1-10(2)15(17)16(22)19-9-14(21)20-7-6-11-8-12(4-5-13(11)20)25(23,24)18-3;/h4-5,8,10,15,18H,6-7,9,17H2,1-3H3,(H,19,22);1H/t15-;/m0./s1. The molecule has 146 valence electrons. The molecule has 10 heteroatoms. The number of nitrogens with zero attached hydrogens (tertiary/aromatic N) is 1. The predicted octanol–water partition coefficient (Wildman–Crippen LogP) is 0.00510. The number of rotatable bonds is 6. The minimum absolute atomic E-state index is 0. The first-order valence-electron chi connectivity index (χ1n) is 8.07. The lowest BCUT2D eigenvalue weighted by molar-refractivity contribution is -0.126. The lowest BCUT2D eigenvalue weighted by atomic mass is 10.1. The molecule has 0 saturated carbocycles. The Morgan fingerprint density at radius 2 is 1.96 bits per heavy atom. The lowest BCUT2D eigenvalue weighted by Gasteiger charge is -2.19. The molecule has 8 nitrogen and oxygen atoms in total. The number of fused-ring (bicyclic) bond motifs is 1. The predicted molar refractivity (Wildman–Crippen MR) is 102 cm³/mol. The maximum absolute atomic E-state index is 12.4. The van der Waals surface area contributed by atoms with Crippen LogP contribution in [0.2, 0.25) is 0 Å². The minimum Gasteiger partial charge on any atom is -0.346 e. The van der Waals surface area contributed by atoms with Gasteiger partial charge in [0.05, 0.1) is 17.5 Å². The average Bonchev–Trinajstić information content (AvgIpc) is 3.01. The second-order valence-electron chi connectivity index (χ2n) is 6.28. The summed E-state index contributed by atoms with van der Waals surface area (Å²) in [6, 6.07) is 3.99. The van der Waals surface area contributed by atoms with E-state index in [0.29, 0.717) is 18.7 Å². The van der Waals surface area contributed by atoms with E-state index in [1.54, 1.807) is 17.0 Å². The van der Waals surface area contributed by atoms with Crippen molar-refractivity contribution in [3.63, 3.8) is 0 Å². The number of hydrogen-bond acceptors (Lipinski definition) is 5. The van der Waals surface area contributed by atoms with Gasteiger partial charge in [-0.2, -0.15) is 0 Å². The van der Waals surface area contributed by atoms with Gasteiger partial charge in [0.2, 0.25) is 21.8 Å². The van der Waals surface area contributed by atoms with Crippen LogP contribution in [0.5, 0.6) is 0 Å². The van der Waals surface area contributed by atoms with Crippen LogP contribution in [-0.2, 0) is 26.0 Å². The third-order valence-electron chi connectivity index (χ3n) is 4.26. The van der Waals surface area contributed by atoms with Crippen LogP contribution in [0.15, 0.2) is 23.1 Å². The van der Waals surface area contributed by atoms with Crippen molar-refractivity contribution >= 4 is 39.9 Å². The van der Waals surface area contributed by atoms with Crippen molar-refractivity contribution in [1.82, 2.24) is 10.0 Å². The van der Waals surface area contributed by atoms with Gasteiger partial charge < -0.3 is 16.0 Å². The van der Waals surface area contributed by atoms with Crippen LogP contribution in [0.3, 0.4) is 0 Å². The van der Waals surface area contributed by atoms with Crippen LogP contribution in [0.4, 0.5) is 5.69 Å². The molecule has 4 N–H and O–H groups in total. The van der Waals surface area contributed by atoms with E-state index in [9.17, 15) is 18.0 Å². The molecule has 0 radical (unpaired) electrons. The molecule has 0 bridgehead atoms. The molecule has 1 aromatic rings. The third-order valence-corrected chi connectivity index (χ3v) is 5.67. The van der Waals surface area contributed by atoms with Gasteiger partial charge in [0.1, 0.15) is 0 Å². The molecular weight excluding hydrogens is 380 g/mol. The molecular formula is C16H25ClN4O4S. The monoisotopic (exact) mass is 404 g/mol. The molecule has 26 heavy (non-hydrogen) atoms. The first-order valence-corrected chi connectivity index (χ1v) is 9.56. The fourth-order valence-corrected chi connectivity index (χ4v) is 3.38. The Morgan fingerprint density at radius 1 is 1.31 bits per heavy atom. The number of benzene rings is 1. The van der Waals surface area contributed by atoms with E-state index in [4.69, 9.17) is 5.73 Å². The van der Waals surface area contributed by atoms with Gasteiger partial charge in [-0.25, -0.2) is 13.1 Å². The maximum atomic E-state index is 12.4. The molecule has 2 amide bonds. The van der Waals surface area contributed by atoms with E-state index in [-0.39, 0.29) is 41.6 Å². The Kier molecular flexibility index (Phi) is 7.57. The Morgan fingerprint density at radius 3 is 2.54 bits per heavy atom. The maximum Gasteiger partial charge on any atom is 0.246 e. The zero-order valence-corrected chi connectivity index (χ0v) is 16.6. The number of amides is 2. The smallest absolute Gasteiger partial charge is 0.246 e. The average molecular weight is 405 g/mol. The molecule has 1 aliphatic heterocycles. The van der Waals surface area contributed by atoms with Gasteiger partial charge in [-0.15, -0.1) is 12.4 Å². The van der Waals surface area contributed by atoms with Crippen molar-refractivity contribution in [1.29, 1.82) is 0 Å². The molecule has 0 spiro atoms. The fraction of sp³-hybridized carbons (Fsp3) is 0.500. The van der Waals surface area contributed by atoms with Gasteiger partial charge in [-0.3, -0.25) is 9.59 Å². The van der Waals surface area contributed by atoms with Crippen LogP contribution in [0.25, 0.3) is 0 Å². The molecule has 0 aromatic heterocycles. The summed E-state index contributed by atoms with van der Waals surface area (Å²) >= 11 is 0. The van der Waals surface area contributed by atoms with Crippen molar-refractivity contribution in [2.45, 2.75) is 31.2 Å². The highest BCUT2D eigenvalue weighted by Gasteiger charge is 2.27. The Bertz CT molecular complexity index is 782. The summed E-state index contributed by atoms with van der Waals surface area (Å²) in [5.74, 6) is -0.638. The second kappa shape index (κ2) is 8.81. The summed E-state index contributed by atoms with van der Waals surface area (Å²) in [5.41, 5.74) is 7.20. The number of carbonyl (C=O) groups is 2. The molecule has 1 aliphatic rings. The van der Waals surface area contributed by atoms with Crippen LogP contribution in [0.1, 0.15) is 19.4 Å². The summed E-state index contributed by atoms with van der Waals surface area (Å²) < 4.78 is 26.0. The van der Waals surface area contributed by atoms with E-state index in [0.717, 1.165) is 5.56 Å². The first-order chi connectivity index (χ1) is 11.7. The van der Waals surface area contributed by atoms with Crippen molar-refractivity contribution in [3.8, 4) is 0 Å². The number of carbonyl (C=O) groups excluding carboxylic acids is 2. The lowest BCUT2D eigenvalue weighted by Crippen LogP contribution is -2.47. The van der Waals surface area contributed by atoms with Crippen molar-refractivity contribution in [3.05, 3.63) is 23.8 Å². The summed E-state index contributed by atoms with van der Waals surface area (Å²) in [6.07, 6.45) is 0.563. The number of anilines is 1. The fourth-order valence-electron chi connectivity index (χ4n) is 2.60. The van der Waals surface area contributed by atoms with Crippen LogP contribution in [0, 0.1) is 5.92 Å². The molecule has 1 heterocycles. The summed E-state index contributed by atoms with van der Waals surface area (Å²) in [7, 11) is -2.17. The normalized spacial score (nSPS) is 14.6. The molecule has 0 aliphatic carbocycles. The Labute approximate surface area is 160 Å². The number of hydrogen-bond donors (Lipinski definition) is 3. The molecule has 2 rings (SSSR count). The highest BCUT2D eigenvalue weighted by molar-refractivity contribution is 7.89. The number of nitrogens with one attached hydrogen (secondary N) is 2. The molecule has 0 saturated heterocycles. The van der Waals surface area contributed by atoms with E-state index in [1.807, 2.05) is 13.8 Å². The van der Waals surface area contributed by atoms with Gasteiger partial charge in [-0.1, -0.05) is 13.8 Å². The Hall–Kier alpha value is -1.68. The van der Waals surface area contributed by atoms with Crippen LogP contribution >= 0.6 is 12.4 Å². The SMILES string of the molecule is CNS(=O)(=O)c1ccc2c(c1)CCN2C(=O)CNC(=O)[C@@H](N)C(C)C.Cl. The van der Waals surface area contributed by atoms with Crippen molar-refractivity contribution in [2.24, 2.45) is 11.7 Å². The second-order valence-corrected chi connectivity index (χ2v) is 8.17. The summed E-state index contributed by atoms with van der Waals surface area (Å²) in [5, 5.41) is 2.55. The summed E-state index contributed by atoms with van der Waals surface area (Å²) in [4.78, 5) is 26.0. The number of sulfonamides is 1. The van der Waals surface area contributed by atoms with E-state index in [1.165, 1.54) is 13.1 Å². The van der Waals surface area contributed by atoms with Crippen LogP contribution in [-0.4, -0.2) is 46.4 Å². The highest BCUT2D eigenvalue weighted by Crippen LogP contribution is 2.30. The minimum atomic E-state index is -3.52. The van der Waals surface area contributed by atoms with E-state index >= 15 is 0 Å². The van der Waals surface area contributed by atoms with Gasteiger partial charge in [0, 0.05) is 12.2 Å². The summed E-state index contributed by atoms with van der Waals surface area (Å²) in [6.45, 7) is 3.97. The Balaban J connectivity index is 0.00000338. The number of halogens is 1. The third kappa shape index (κ3) is 4.73. The molecule has 0 fully saturated rings. The van der Waals surface area contributed by atoms with Crippen molar-refractivity contribution < 1.29 is 18.0 Å². The van der Waals surface area contributed by atoms with Gasteiger partial charge in [0.15, 0.2) is 0 Å². The molecule has 0 unspecified atom stereocenters.